The molecule has 37 heavy (non-hydrogen) atoms. The number of nitrogens with zero attached hydrogens (tertiary/aromatic N) is 2. The SMILES string of the molecule is Cc1ccc(CNC(=O)c2cc(CN(Cc3ccccc3)C(=O)c3ccc(C(C)(C)C)cc3)on2)cc1. The molecule has 1 N–H and O–H groups in total. The lowest BCUT2D eigenvalue weighted by atomic mass is 9.86. The molecule has 0 spiro atoms. The van der Waals surface area contributed by atoms with Gasteiger partial charge in [0.25, 0.3) is 11.8 Å². The van der Waals surface area contributed by atoms with Gasteiger partial charge >= 0.3 is 0 Å². The number of amides is 2. The van der Waals surface area contributed by atoms with Crippen LogP contribution in [0.2, 0.25) is 0 Å². The first-order valence-corrected chi connectivity index (χ1v) is 12.4. The highest BCUT2D eigenvalue weighted by atomic mass is 16.5. The van der Waals surface area contributed by atoms with Gasteiger partial charge in [-0.1, -0.05) is 98.2 Å². The van der Waals surface area contributed by atoms with Crippen LogP contribution in [0.25, 0.3) is 0 Å². The van der Waals surface area contributed by atoms with E-state index in [1.807, 2.05) is 85.8 Å². The molecule has 2 amide bonds. The lowest BCUT2D eigenvalue weighted by Crippen LogP contribution is -2.30. The summed E-state index contributed by atoms with van der Waals surface area (Å²) in [5, 5.41) is 6.81. The Balaban J connectivity index is 1.48. The van der Waals surface area contributed by atoms with Crippen LogP contribution in [0.1, 0.15) is 69.6 Å². The van der Waals surface area contributed by atoms with Crippen molar-refractivity contribution in [2.24, 2.45) is 0 Å². The average molecular weight is 496 g/mol. The lowest BCUT2D eigenvalue weighted by Gasteiger charge is -2.23. The van der Waals surface area contributed by atoms with E-state index < -0.39 is 0 Å². The molecule has 0 aliphatic heterocycles. The monoisotopic (exact) mass is 495 g/mol. The van der Waals surface area contributed by atoms with Crippen molar-refractivity contribution in [2.75, 3.05) is 0 Å². The summed E-state index contributed by atoms with van der Waals surface area (Å²) in [6.45, 7) is 9.43. The number of carbonyl (C=O) groups excluding carboxylic acids is 2. The third-order valence-electron chi connectivity index (χ3n) is 6.21. The van der Waals surface area contributed by atoms with Gasteiger partial charge in [-0.25, -0.2) is 0 Å². The van der Waals surface area contributed by atoms with E-state index in [1.165, 1.54) is 0 Å². The molecule has 0 aliphatic carbocycles. The second-order valence-corrected chi connectivity index (χ2v) is 10.3. The van der Waals surface area contributed by atoms with Crippen LogP contribution in [0.4, 0.5) is 0 Å². The first-order chi connectivity index (χ1) is 17.7. The first-order valence-electron chi connectivity index (χ1n) is 12.4. The molecule has 0 radical (unpaired) electrons. The molecule has 0 unspecified atom stereocenters. The van der Waals surface area contributed by atoms with Gasteiger partial charge in [0.1, 0.15) is 0 Å². The molecule has 6 nitrogen and oxygen atoms in total. The first kappa shape index (κ1) is 25.9. The van der Waals surface area contributed by atoms with Crippen LogP contribution in [0, 0.1) is 6.92 Å². The van der Waals surface area contributed by atoms with Gasteiger partial charge in [0, 0.05) is 24.7 Å². The summed E-state index contributed by atoms with van der Waals surface area (Å²) in [5.41, 5.74) is 5.11. The molecule has 4 aromatic rings. The zero-order valence-corrected chi connectivity index (χ0v) is 21.8. The minimum Gasteiger partial charge on any atom is -0.359 e. The van der Waals surface area contributed by atoms with E-state index in [2.05, 4.69) is 31.2 Å². The van der Waals surface area contributed by atoms with E-state index in [-0.39, 0.29) is 29.5 Å². The summed E-state index contributed by atoms with van der Waals surface area (Å²) >= 11 is 0. The third kappa shape index (κ3) is 6.94. The molecule has 1 heterocycles. The minimum atomic E-state index is -0.325. The second-order valence-electron chi connectivity index (χ2n) is 10.3. The molecular weight excluding hydrogens is 462 g/mol. The Labute approximate surface area is 218 Å². The minimum absolute atomic E-state index is 0.00156. The van der Waals surface area contributed by atoms with Crippen LogP contribution >= 0.6 is 0 Å². The van der Waals surface area contributed by atoms with Crippen molar-refractivity contribution < 1.29 is 14.1 Å². The Hall–Kier alpha value is -4.19. The smallest absolute Gasteiger partial charge is 0.273 e. The van der Waals surface area contributed by atoms with Gasteiger partial charge in [0.2, 0.25) is 0 Å². The van der Waals surface area contributed by atoms with Gasteiger partial charge in [0.05, 0.1) is 6.54 Å². The molecule has 0 saturated heterocycles. The van der Waals surface area contributed by atoms with Crippen LogP contribution in [0.5, 0.6) is 0 Å². The Morgan fingerprint density at radius 2 is 1.54 bits per heavy atom. The number of rotatable bonds is 8. The zero-order valence-electron chi connectivity index (χ0n) is 21.8. The number of aromatic nitrogens is 1. The van der Waals surface area contributed by atoms with E-state index in [9.17, 15) is 9.59 Å². The number of benzene rings is 3. The van der Waals surface area contributed by atoms with Crippen LogP contribution < -0.4 is 5.32 Å². The standard InChI is InChI=1S/C31H33N3O3/c1-22-10-12-23(13-11-22)19-32-29(35)28-18-27(37-33-28)21-34(20-24-8-6-5-7-9-24)30(36)25-14-16-26(17-15-25)31(2,3)4/h5-18H,19-21H2,1-4H3,(H,32,35). The largest absolute Gasteiger partial charge is 0.359 e. The third-order valence-corrected chi connectivity index (χ3v) is 6.21. The molecule has 190 valence electrons. The van der Waals surface area contributed by atoms with Gasteiger partial charge in [-0.2, -0.15) is 0 Å². The van der Waals surface area contributed by atoms with Crippen molar-refractivity contribution in [1.82, 2.24) is 15.4 Å². The van der Waals surface area contributed by atoms with Crippen molar-refractivity contribution in [3.8, 4) is 0 Å². The fourth-order valence-electron chi connectivity index (χ4n) is 3.96. The van der Waals surface area contributed by atoms with Gasteiger partial charge in [0.15, 0.2) is 11.5 Å². The number of nitrogens with one attached hydrogen (secondary N) is 1. The van der Waals surface area contributed by atoms with Gasteiger partial charge in [-0.05, 0) is 41.2 Å². The van der Waals surface area contributed by atoms with Crippen molar-refractivity contribution >= 4 is 11.8 Å². The second kappa shape index (κ2) is 11.2. The molecule has 0 fully saturated rings. The maximum absolute atomic E-state index is 13.5. The Morgan fingerprint density at radius 1 is 0.865 bits per heavy atom. The van der Waals surface area contributed by atoms with Gasteiger partial charge < -0.3 is 14.7 Å². The molecule has 4 rings (SSSR count). The van der Waals surface area contributed by atoms with Crippen LogP contribution in [-0.4, -0.2) is 21.9 Å². The Kier molecular flexibility index (Phi) is 7.87. The summed E-state index contributed by atoms with van der Waals surface area (Å²) in [6.07, 6.45) is 0. The molecule has 0 saturated carbocycles. The van der Waals surface area contributed by atoms with Gasteiger partial charge in [-0.3, -0.25) is 9.59 Å². The Morgan fingerprint density at radius 3 is 2.19 bits per heavy atom. The topological polar surface area (TPSA) is 75.4 Å². The average Bonchev–Trinajstić information content (AvgIpc) is 3.36. The molecule has 0 bridgehead atoms. The maximum atomic E-state index is 13.5. The van der Waals surface area contributed by atoms with E-state index >= 15 is 0 Å². The number of aryl methyl sites for hydroxylation is 1. The normalized spacial score (nSPS) is 11.2. The fourth-order valence-corrected chi connectivity index (χ4v) is 3.96. The number of hydrogen-bond acceptors (Lipinski definition) is 4. The molecule has 3 aromatic carbocycles. The molecular formula is C31H33N3O3. The highest BCUT2D eigenvalue weighted by molar-refractivity contribution is 5.94. The van der Waals surface area contributed by atoms with Crippen molar-refractivity contribution in [1.29, 1.82) is 0 Å². The zero-order chi connectivity index (χ0) is 26.4. The number of hydrogen-bond donors (Lipinski definition) is 1. The quantitative estimate of drug-likeness (QED) is 0.323. The lowest BCUT2D eigenvalue weighted by molar-refractivity contribution is 0.0713. The summed E-state index contributed by atoms with van der Waals surface area (Å²) in [6, 6.07) is 27.1. The molecule has 1 aromatic heterocycles. The predicted molar refractivity (Wildman–Crippen MR) is 144 cm³/mol. The summed E-state index contributed by atoms with van der Waals surface area (Å²) in [4.78, 5) is 27.9. The molecule has 0 aliphatic rings. The van der Waals surface area contributed by atoms with Crippen LogP contribution in [-0.2, 0) is 25.0 Å². The Bertz CT molecular complexity index is 1340. The summed E-state index contributed by atoms with van der Waals surface area (Å²) < 4.78 is 5.47. The van der Waals surface area contributed by atoms with Crippen LogP contribution in [0.15, 0.2) is 89.5 Å². The van der Waals surface area contributed by atoms with E-state index in [0.717, 1.165) is 22.3 Å². The van der Waals surface area contributed by atoms with E-state index in [1.54, 1.807) is 11.0 Å². The highest BCUT2D eigenvalue weighted by Gasteiger charge is 2.21. The highest BCUT2D eigenvalue weighted by Crippen LogP contribution is 2.23. The van der Waals surface area contributed by atoms with Crippen LogP contribution in [0.3, 0.4) is 0 Å². The summed E-state index contributed by atoms with van der Waals surface area (Å²) in [5.74, 6) is -0.00329. The van der Waals surface area contributed by atoms with E-state index in [0.29, 0.717) is 24.4 Å². The molecule has 6 heteroatoms. The predicted octanol–water partition coefficient (Wildman–Crippen LogP) is 6.05. The van der Waals surface area contributed by atoms with Crippen molar-refractivity contribution in [3.05, 3.63) is 124 Å². The van der Waals surface area contributed by atoms with Crippen molar-refractivity contribution in [2.45, 2.75) is 52.7 Å². The molecule has 0 atom stereocenters. The number of carbonyl (C=O) groups is 2. The fraction of sp³-hybridized carbons (Fsp3) is 0.258. The van der Waals surface area contributed by atoms with Crippen molar-refractivity contribution in [3.63, 3.8) is 0 Å². The van der Waals surface area contributed by atoms with Gasteiger partial charge in [-0.15, -0.1) is 0 Å². The van der Waals surface area contributed by atoms with E-state index in [4.69, 9.17) is 4.52 Å². The maximum Gasteiger partial charge on any atom is 0.273 e. The summed E-state index contributed by atoms with van der Waals surface area (Å²) in [7, 11) is 0.